The number of hydrogen-bond donors (Lipinski definition) is 0. The molecule has 0 N–H and O–H groups in total. The molecule has 1 aliphatic heterocycles. The molecule has 0 unspecified atom stereocenters. The highest BCUT2D eigenvalue weighted by molar-refractivity contribution is 7.99. The van der Waals surface area contributed by atoms with Crippen LogP contribution in [0, 0.1) is 12.8 Å². The Morgan fingerprint density at radius 2 is 1.75 bits per heavy atom. The lowest BCUT2D eigenvalue weighted by molar-refractivity contribution is -0.139. The number of furan rings is 1. The lowest BCUT2D eigenvalue weighted by Gasteiger charge is -2.34. The number of aromatic nitrogens is 3. The van der Waals surface area contributed by atoms with Crippen LogP contribution in [0.4, 0.5) is 0 Å². The summed E-state index contributed by atoms with van der Waals surface area (Å²) in [6.07, 6.45) is 3.66. The van der Waals surface area contributed by atoms with Crippen molar-refractivity contribution in [1.82, 2.24) is 24.6 Å². The summed E-state index contributed by atoms with van der Waals surface area (Å²) >= 11 is 1.38. The van der Waals surface area contributed by atoms with Crippen LogP contribution in [0.3, 0.4) is 0 Å². The molecule has 2 amide bonds. The average molecular weight is 452 g/mol. The molecule has 0 spiro atoms. The van der Waals surface area contributed by atoms with Gasteiger partial charge in [-0.25, -0.2) is 0 Å². The summed E-state index contributed by atoms with van der Waals surface area (Å²) in [4.78, 5) is 28.8. The van der Waals surface area contributed by atoms with E-state index in [4.69, 9.17) is 4.42 Å². The van der Waals surface area contributed by atoms with Gasteiger partial charge in [0, 0.05) is 37.8 Å². The van der Waals surface area contributed by atoms with Gasteiger partial charge >= 0.3 is 0 Å². The Kier molecular flexibility index (Phi) is 5.73. The maximum atomic E-state index is 12.9. The van der Waals surface area contributed by atoms with Gasteiger partial charge in [-0.15, -0.1) is 10.2 Å². The normalized spacial score (nSPS) is 16.4. The van der Waals surface area contributed by atoms with Crippen LogP contribution in [0.15, 0.2) is 52.2 Å². The molecular formula is C23H25N5O3S. The van der Waals surface area contributed by atoms with Gasteiger partial charge in [-0.2, -0.15) is 0 Å². The van der Waals surface area contributed by atoms with Crippen LogP contribution in [-0.4, -0.2) is 68.3 Å². The number of benzene rings is 1. The molecule has 3 aromatic rings. The van der Waals surface area contributed by atoms with Crippen LogP contribution < -0.4 is 0 Å². The number of carbonyl (C=O) groups is 2. The number of carbonyl (C=O) groups excluding carboxylic acids is 2. The van der Waals surface area contributed by atoms with E-state index in [0.717, 1.165) is 29.9 Å². The number of piperazine rings is 1. The van der Waals surface area contributed by atoms with E-state index in [1.54, 1.807) is 6.26 Å². The van der Waals surface area contributed by atoms with Gasteiger partial charge in [-0.3, -0.25) is 14.2 Å². The van der Waals surface area contributed by atoms with Gasteiger partial charge in [0.05, 0.1) is 17.6 Å². The second-order valence-corrected chi connectivity index (χ2v) is 9.08. The van der Waals surface area contributed by atoms with E-state index in [9.17, 15) is 9.59 Å². The summed E-state index contributed by atoms with van der Waals surface area (Å²) in [5.41, 5.74) is 1.80. The van der Waals surface area contributed by atoms with Crippen molar-refractivity contribution >= 4 is 23.6 Å². The summed E-state index contributed by atoms with van der Waals surface area (Å²) in [5, 5.41) is 9.44. The van der Waals surface area contributed by atoms with Crippen molar-refractivity contribution in [2.75, 3.05) is 31.9 Å². The Bertz CT molecular complexity index is 1110. The van der Waals surface area contributed by atoms with E-state index in [1.807, 2.05) is 57.7 Å². The van der Waals surface area contributed by atoms with Gasteiger partial charge in [-0.1, -0.05) is 30.0 Å². The van der Waals surface area contributed by atoms with Crippen LogP contribution in [0.5, 0.6) is 0 Å². The Balaban J connectivity index is 1.28. The first-order valence-corrected chi connectivity index (χ1v) is 11.8. The SMILES string of the molecule is Cc1occc1-c1nnc(SCC(=O)N2CCN(C(=O)C3CC3)CC2)n1-c1ccccc1. The first kappa shape index (κ1) is 20.8. The number of rotatable bonds is 6. The zero-order valence-electron chi connectivity index (χ0n) is 17.9. The standard InChI is InChI=1S/C23H25N5O3S/c1-16-19(9-14-31-16)21-24-25-23(28(21)18-5-3-2-4-6-18)32-15-20(29)26-10-12-27(13-11-26)22(30)17-7-8-17/h2-6,9,14,17H,7-8,10-13,15H2,1H3. The molecular weight excluding hydrogens is 426 g/mol. The van der Waals surface area contributed by atoms with Gasteiger partial charge in [0.2, 0.25) is 11.8 Å². The smallest absolute Gasteiger partial charge is 0.233 e. The van der Waals surface area contributed by atoms with E-state index in [1.165, 1.54) is 11.8 Å². The monoisotopic (exact) mass is 451 g/mol. The molecule has 2 fully saturated rings. The molecule has 1 aromatic carbocycles. The van der Waals surface area contributed by atoms with Crippen LogP contribution >= 0.6 is 11.8 Å². The van der Waals surface area contributed by atoms with Gasteiger partial charge in [0.1, 0.15) is 5.76 Å². The first-order chi connectivity index (χ1) is 15.6. The van der Waals surface area contributed by atoms with Crippen molar-refractivity contribution in [1.29, 1.82) is 0 Å². The van der Waals surface area contributed by atoms with E-state index in [2.05, 4.69) is 10.2 Å². The number of amides is 2. The van der Waals surface area contributed by atoms with E-state index < -0.39 is 0 Å². The molecule has 3 heterocycles. The molecule has 32 heavy (non-hydrogen) atoms. The summed E-state index contributed by atoms with van der Waals surface area (Å²) in [5.74, 6) is 2.25. The summed E-state index contributed by atoms with van der Waals surface area (Å²) in [6.45, 7) is 4.31. The highest BCUT2D eigenvalue weighted by Crippen LogP contribution is 2.32. The molecule has 1 saturated carbocycles. The molecule has 166 valence electrons. The number of aryl methyl sites for hydroxylation is 1. The lowest BCUT2D eigenvalue weighted by Crippen LogP contribution is -2.51. The van der Waals surface area contributed by atoms with Crippen molar-refractivity contribution in [2.45, 2.75) is 24.9 Å². The molecule has 2 aromatic heterocycles. The number of nitrogens with zero attached hydrogens (tertiary/aromatic N) is 5. The summed E-state index contributed by atoms with van der Waals surface area (Å²) in [6, 6.07) is 11.7. The Morgan fingerprint density at radius 3 is 2.41 bits per heavy atom. The minimum absolute atomic E-state index is 0.0529. The third-order valence-corrected chi connectivity index (χ3v) is 6.86. The second kappa shape index (κ2) is 8.82. The van der Waals surface area contributed by atoms with Gasteiger partial charge < -0.3 is 14.2 Å². The predicted molar refractivity (Wildman–Crippen MR) is 120 cm³/mol. The number of hydrogen-bond acceptors (Lipinski definition) is 6. The Hall–Kier alpha value is -3.07. The molecule has 1 aliphatic carbocycles. The molecule has 0 atom stereocenters. The molecule has 9 heteroatoms. The van der Waals surface area contributed by atoms with E-state index >= 15 is 0 Å². The maximum absolute atomic E-state index is 12.9. The largest absolute Gasteiger partial charge is 0.469 e. The highest BCUT2D eigenvalue weighted by Gasteiger charge is 2.35. The molecule has 8 nitrogen and oxygen atoms in total. The molecule has 0 bridgehead atoms. The fraction of sp³-hybridized carbons (Fsp3) is 0.391. The van der Waals surface area contributed by atoms with Gasteiger partial charge in [0.15, 0.2) is 11.0 Å². The average Bonchev–Trinajstić information content (AvgIpc) is 3.47. The quantitative estimate of drug-likeness (QED) is 0.536. The second-order valence-electron chi connectivity index (χ2n) is 8.14. The van der Waals surface area contributed by atoms with Crippen LogP contribution in [0.2, 0.25) is 0 Å². The molecule has 2 aliphatic rings. The molecule has 5 rings (SSSR count). The van der Waals surface area contributed by atoms with Crippen molar-refractivity contribution < 1.29 is 14.0 Å². The third kappa shape index (κ3) is 4.17. The number of para-hydroxylation sites is 1. The lowest BCUT2D eigenvalue weighted by atomic mass is 10.2. The van der Waals surface area contributed by atoms with Crippen LogP contribution in [0.1, 0.15) is 18.6 Å². The van der Waals surface area contributed by atoms with E-state index in [0.29, 0.717) is 37.2 Å². The first-order valence-electron chi connectivity index (χ1n) is 10.9. The minimum Gasteiger partial charge on any atom is -0.469 e. The molecule has 1 saturated heterocycles. The zero-order chi connectivity index (χ0) is 22.1. The van der Waals surface area contributed by atoms with Crippen molar-refractivity contribution in [2.24, 2.45) is 5.92 Å². The summed E-state index contributed by atoms with van der Waals surface area (Å²) in [7, 11) is 0. The predicted octanol–water partition coefficient (Wildman–Crippen LogP) is 3.01. The van der Waals surface area contributed by atoms with Crippen LogP contribution in [-0.2, 0) is 9.59 Å². The van der Waals surface area contributed by atoms with Crippen LogP contribution in [0.25, 0.3) is 17.1 Å². The maximum Gasteiger partial charge on any atom is 0.233 e. The van der Waals surface area contributed by atoms with E-state index in [-0.39, 0.29) is 23.5 Å². The minimum atomic E-state index is 0.0529. The summed E-state index contributed by atoms with van der Waals surface area (Å²) < 4.78 is 7.42. The Labute approximate surface area is 190 Å². The van der Waals surface area contributed by atoms with Gasteiger partial charge in [0.25, 0.3) is 0 Å². The fourth-order valence-corrected chi connectivity index (χ4v) is 4.80. The topological polar surface area (TPSA) is 84.5 Å². The third-order valence-electron chi connectivity index (χ3n) is 5.94. The fourth-order valence-electron chi connectivity index (χ4n) is 3.95. The van der Waals surface area contributed by atoms with Crippen molar-refractivity contribution in [3.63, 3.8) is 0 Å². The highest BCUT2D eigenvalue weighted by atomic mass is 32.2. The van der Waals surface area contributed by atoms with Crippen molar-refractivity contribution in [3.05, 3.63) is 48.4 Å². The van der Waals surface area contributed by atoms with Crippen molar-refractivity contribution in [3.8, 4) is 17.1 Å². The molecule has 0 radical (unpaired) electrons. The van der Waals surface area contributed by atoms with Gasteiger partial charge in [-0.05, 0) is 38.0 Å². The zero-order valence-corrected chi connectivity index (χ0v) is 18.8. The Morgan fingerprint density at radius 1 is 1.03 bits per heavy atom. The number of thioether (sulfide) groups is 1.